The second-order valence-corrected chi connectivity index (χ2v) is 6.07. The molecule has 0 aromatic heterocycles. The van der Waals surface area contributed by atoms with Crippen LogP contribution in [0.1, 0.15) is 22.3 Å². The van der Waals surface area contributed by atoms with Crippen LogP contribution in [0.25, 0.3) is 0 Å². The van der Waals surface area contributed by atoms with Crippen molar-refractivity contribution >= 4 is 29.0 Å². The van der Waals surface area contributed by atoms with E-state index in [9.17, 15) is 14.7 Å². The summed E-state index contributed by atoms with van der Waals surface area (Å²) in [7, 11) is 0. The number of fused-ring (bicyclic) bond motifs is 1. The van der Waals surface area contributed by atoms with Gasteiger partial charge in [-0.15, -0.1) is 6.58 Å². The second kappa shape index (κ2) is 6.23. The molecule has 2 aromatic rings. The van der Waals surface area contributed by atoms with Crippen molar-refractivity contribution in [3.8, 4) is 0 Å². The van der Waals surface area contributed by atoms with Gasteiger partial charge in [-0.05, 0) is 18.2 Å². The molecule has 0 bridgehead atoms. The highest BCUT2D eigenvalue weighted by molar-refractivity contribution is 6.34. The molecule has 24 heavy (non-hydrogen) atoms. The molecule has 3 rings (SSSR count). The fourth-order valence-electron chi connectivity index (χ4n) is 3.00. The van der Waals surface area contributed by atoms with Crippen molar-refractivity contribution in [1.82, 2.24) is 0 Å². The van der Waals surface area contributed by atoms with Crippen molar-refractivity contribution in [2.24, 2.45) is 0 Å². The average molecular weight is 342 g/mol. The SMILES string of the molecule is C=CCN1C(=O)C(O)(CC(=O)c2ccccc2Cl)c2ccccc21. The zero-order chi connectivity index (χ0) is 17.3. The van der Waals surface area contributed by atoms with Crippen LogP contribution in [0.3, 0.4) is 0 Å². The Morgan fingerprint density at radius 2 is 1.88 bits per heavy atom. The van der Waals surface area contributed by atoms with Crippen molar-refractivity contribution in [1.29, 1.82) is 0 Å². The van der Waals surface area contributed by atoms with Gasteiger partial charge in [0.25, 0.3) is 5.91 Å². The first-order chi connectivity index (χ1) is 11.5. The number of halogens is 1. The molecule has 1 aliphatic heterocycles. The summed E-state index contributed by atoms with van der Waals surface area (Å²) in [5.41, 5.74) is -0.579. The third-order valence-electron chi connectivity index (χ3n) is 4.14. The lowest BCUT2D eigenvalue weighted by Gasteiger charge is -2.22. The van der Waals surface area contributed by atoms with Crippen molar-refractivity contribution in [3.05, 3.63) is 77.3 Å². The molecule has 0 saturated heterocycles. The number of nitrogens with zero attached hydrogens (tertiary/aromatic N) is 1. The number of amides is 1. The Morgan fingerprint density at radius 1 is 1.21 bits per heavy atom. The molecule has 1 amide bonds. The van der Waals surface area contributed by atoms with Gasteiger partial charge in [-0.2, -0.15) is 0 Å². The summed E-state index contributed by atoms with van der Waals surface area (Å²) >= 11 is 6.05. The predicted molar refractivity (Wildman–Crippen MR) is 93.3 cm³/mol. The lowest BCUT2D eigenvalue weighted by Crippen LogP contribution is -2.41. The maximum absolute atomic E-state index is 12.8. The highest BCUT2D eigenvalue weighted by Gasteiger charge is 2.50. The highest BCUT2D eigenvalue weighted by atomic mass is 35.5. The molecule has 0 aliphatic carbocycles. The molecule has 0 saturated carbocycles. The van der Waals surface area contributed by atoms with Crippen molar-refractivity contribution in [2.45, 2.75) is 12.0 Å². The minimum Gasteiger partial charge on any atom is -0.375 e. The Bertz CT molecular complexity index is 833. The van der Waals surface area contributed by atoms with Gasteiger partial charge in [0.15, 0.2) is 11.4 Å². The van der Waals surface area contributed by atoms with E-state index in [0.29, 0.717) is 21.8 Å². The normalized spacial score (nSPS) is 19.2. The Labute approximate surface area is 145 Å². The predicted octanol–water partition coefficient (Wildman–Crippen LogP) is 3.33. The van der Waals surface area contributed by atoms with Crippen molar-refractivity contribution in [3.63, 3.8) is 0 Å². The van der Waals surface area contributed by atoms with Crippen LogP contribution in [0, 0.1) is 0 Å². The monoisotopic (exact) mass is 341 g/mol. The van der Waals surface area contributed by atoms with E-state index >= 15 is 0 Å². The summed E-state index contributed by atoms with van der Waals surface area (Å²) in [5, 5.41) is 11.3. The number of aliphatic hydroxyl groups is 1. The number of Topliss-reactive ketones (excluding diaryl/α,β-unsaturated/α-hetero) is 1. The molecule has 0 fully saturated rings. The molecule has 122 valence electrons. The number of hydrogen-bond acceptors (Lipinski definition) is 3. The molecule has 5 heteroatoms. The summed E-state index contributed by atoms with van der Waals surface area (Å²) in [6.07, 6.45) is 1.22. The number of anilines is 1. The van der Waals surface area contributed by atoms with Crippen molar-refractivity contribution < 1.29 is 14.7 Å². The van der Waals surface area contributed by atoms with Crippen molar-refractivity contribution in [2.75, 3.05) is 11.4 Å². The average Bonchev–Trinajstić information content (AvgIpc) is 2.78. The Kier molecular flexibility index (Phi) is 4.26. The molecule has 4 nitrogen and oxygen atoms in total. The van der Waals surface area contributed by atoms with E-state index in [-0.39, 0.29) is 18.7 Å². The molecular formula is C19H16ClNO3. The molecule has 1 atom stereocenters. The fraction of sp³-hybridized carbons (Fsp3) is 0.158. The first kappa shape index (κ1) is 16.4. The Balaban J connectivity index is 2.00. The maximum atomic E-state index is 12.8. The zero-order valence-electron chi connectivity index (χ0n) is 12.9. The highest BCUT2D eigenvalue weighted by Crippen LogP contribution is 2.42. The summed E-state index contributed by atoms with van der Waals surface area (Å²) in [4.78, 5) is 26.8. The first-order valence-corrected chi connectivity index (χ1v) is 7.89. The molecule has 1 N–H and O–H groups in total. The fourth-order valence-corrected chi connectivity index (χ4v) is 3.24. The Hall–Kier alpha value is -2.43. The van der Waals surface area contributed by atoms with E-state index in [1.54, 1.807) is 54.6 Å². The topological polar surface area (TPSA) is 57.6 Å². The lowest BCUT2D eigenvalue weighted by atomic mass is 9.88. The van der Waals surface area contributed by atoms with Gasteiger partial charge < -0.3 is 10.0 Å². The van der Waals surface area contributed by atoms with E-state index in [4.69, 9.17) is 11.6 Å². The minimum absolute atomic E-state index is 0.262. The van der Waals surface area contributed by atoms with Gasteiger partial charge in [0, 0.05) is 17.7 Å². The van der Waals surface area contributed by atoms with E-state index in [2.05, 4.69) is 6.58 Å². The number of hydrogen-bond donors (Lipinski definition) is 1. The summed E-state index contributed by atoms with van der Waals surface area (Å²) in [6.45, 7) is 3.90. The molecule has 2 aromatic carbocycles. The molecule has 1 aliphatic rings. The molecule has 0 spiro atoms. The summed E-state index contributed by atoms with van der Waals surface area (Å²) in [6, 6.07) is 13.5. The van der Waals surface area contributed by atoms with Crippen LogP contribution in [-0.2, 0) is 10.4 Å². The maximum Gasteiger partial charge on any atom is 0.264 e. The number of rotatable bonds is 5. The number of ketones is 1. The van der Waals surface area contributed by atoms with Crippen LogP contribution >= 0.6 is 11.6 Å². The standard InChI is InChI=1S/C19H16ClNO3/c1-2-11-21-16-10-6-4-8-14(16)19(24,18(21)23)12-17(22)13-7-3-5-9-15(13)20/h2-10,24H,1,11-12H2. The van der Waals surface area contributed by atoms with Gasteiger partial charge in [0.05, 0.1) is 17.1 Å². The van der Waals surface area contributed by atoms with Gasteiger partial charge >= 0.3 is 0 Å². The molecule has 0 radical (unpaired) electrons. The second-order valence-electron chi connectivity index (χ2n) is 5.66. The molecule has 1 unspecified atom stereocenters. The molecular weight excluding hydrogens is 326 g/mol. The van der Waals surface area contributed by atoms with Crippen LogP contribution in [0.2, 0.25) is 5.02 Å². The number of benzene rings is 2. The zero-order valence-corrected chi connectivity index (χ0v) is 13.7. The largest absolute Gasteiger partial charge is 0.375 e. The first-order valence-electron chi connectivity index (χ1n) is 7.51. The van der Waals surface area contributed by atoms with E-state index < -0.39 is 11.5 Å². The van der Waals surface area contributed by atoms with Crippen LogP contribution in [0.15, 0.2) is 61.2 Å². The van der Waals surface area contributed by atoms with Crippen LogP contribution < -0.4 is 4.90 Å². The number of carbonyl (C=O) groups excluding carboxylic acids is 2. The van der Waals surface area contributed by atoms with E-state index in [1.807, 2.05) is 0 Å². The molecule has 1 heterocycles. The number of para-hydroxylation sites is 1. The quantitative estimate of drug-likeness (QED) is 0.670. The summed E-state index contributed by atoms with van der Waals surface area (Å²) in [5.74, 6) is -0.907. The number of carbonyl (C=O) groups is 2. The van der Waals surface area contributed by atoms with Gasteiger partial charge in [0.1, 0.15) is 0 Å². The van der Waals surface area contributed by atoms with E-state index in [1.165, 1.54) is 4.90 Å². The van der Waals surface area contributed by atoms with Gasteiger partial charge in [-0.3, -0.25) is 9.59 Å². The van der Waals surface area contributed by atoms with Gasteiger partial charge in [-0.1, -0.05) is 48.0 Å². The van der Waals surface area contributed by atoms with Crippen LogP contribution in [0.5, 0.6) is 0 Å². The van der Waals surface area contributed by atoms with E-state index in [0.717, 1.165) is 0 Å². The third-order valence-corrected chi connectivity index (χ3v) is 4.47. The third kappa shape index (κ3) is 2.54. The van der Waals surface area contributed by atoms with Crippen LogP contribution in [-0.4, -0.2) is 23.3 Å². The Morgan fingerprint density at radius 3 is 2.58 bits per heavy atom. The van der Waals surface area contributed by atoms with Gasteiger partial charge in [-0.25, -0.2) is 0 Å². The van der Waals surface area contributed by atoms with Gasteiger partial charge in [0.2, 0.25) is 0 Å². The smallest absolute Gasteiger partial charge is 0.264 e. The van der Waals surface area contributed by atoms with Crippen LogP contribution in [0.4, 0.5) is 5.69 Å². The minimum atomic E-state index is -1.89. The lowest BCUT2D eigenvalue weighted by molar-refractivity contribution is -0.135. The summed E-state index contributed by atoms with van der Waals surface area (Å²) < 4.78 is 0.